The lowest BCUT2D eigenvalue weighted by molar-refractivity contribution is 0.0518. The van der Waals surface area contributed by atoms with Crippen LogP contribution in [0.5, 0.6) is 0 Å². The summed E-state index contributed by atoms with van der Waals surface area (Å²) in [5.41, 5.74) is 0. The molecule has 0 amide bonds. The van der Waals surface area contributed by atoms with Gasteiger partial charge in [-0.1, -0.05) is 13.8 Å². The first kappa shape index (κ1) is 14.0. The van der Waals surface area contributed by atoms with Gasteiger partial charge in [0, 0.05) is 22.9 Å². The van der Waals surface area contributed by atoms with Crippen molar-refractivity contribution in [3.63, 3.8) is 0 Å². The zero-order valence-corrected chi connectivity index (χ0v) is 12.6. The second-order valence-corrected chi connectivity index (χ2v) is 6.38. The Morgan fingerprint density at radius 2 is 2.06 bits per heavy atom. The zero-order chi connectivity index (χ0) is 13.0. The summed E-state index contributed by atoms with van der Waals surface area (Å²) in [5, 5.41) is 3.61. The summed E-state index contributed by atoms with van der Waals surface area (Å²) in [6.07, 6.45) is 5.31. The Morgan fingerprint density at radius 3 is 2.56 bits per heavy atom. The SMILES string of the molecule is CCNC(Cc1ccc(CC)s1)C(OC)C1CC1. The van der Waals surface area contributed by atoms with E-state index in [4.69, 9.17) is 4.74 Å². The third kappa shape index (κ3) is 3.56. The van der Waals surface area contributed by atoms with Crippen LogP contribution in [0.25, 0.3) is 0 Å². The molecule has 18 heavy (non-hydrogen) atoms. The van der Waals surface area contributed by atoms with Crippen LogP contribution in [-0.2, 0) is 17.6 Å². The molecule has 1 aliphatic rings. The third-order valence-electron chi connectivity index (χ3n) is 3.71. The number of hydrogen-bond donors (Lipinski definition) is 1. The fraction of sp³-hybridized carbons (Fsp3) is 0.733. The Labute approximate surface area is 115 Å². The van der Waals surface area contributed by atoms with E-state index in [1.165, 1.54) is 22.6 Å². The van der Waals surface area contributed by atoms with Crippen molar-refractivity contribution in [2.24, 2.45) is 5.92 Å². The van der Waals surface area contributed by atoms with Gasteiger partial charge >= 0.3 is 0 Å². The van der Waals surface area contributed by atoms with Crippen LogP contribution < -0.4 is 5.32 Å². The molecular weight excluding hydrogens is 242 g/mol. The molecule has 0 aliphatic heterocycles. The van der Waals surface area contributed by atoms with Crippen molar-refractivity contribution in [3.8, 4) is 0 Å². The largest absolute Gasteiger partial charge is 0.380 e. The molecule has 2 atom stereocenters. The summed E-state index contributed by atoms with van der Waals surface area (Å²) in [4.78, 5) is 2.97. The minimum Gasteiger partial charge on any atom is -0.380 e. The summed E-state index contributed by atoms with van der Waals surface area (Å²) in [7, 11) is 1.86. The molecule has 3 heteroatoms. The fourth-order valence-corrected chi connectivity index (χ4v) is 3.63. The van der Waals surface area contributed by atoms with Crippen molar-refractivity contribution in [2.45, 2.75) is 51.7 Å². The molecule has 1 aliphatic carbocycles. The maximum atomic E-state index is 5.74. The van der Waals surface area contributed by atoms with E-state index in [1.807, 2.05) is 18.4 Å². The standard InChI is InChI=1S/C15H25NOS/c1-4-12-8-9-13(18-12)10-14(16-5-2)15(17-3)11-6-7-11/h8-9,11,14-16H,4-7,10H2,1-3H3. The molecule has 1 heterocycles. The Morgan fingerprint density at radius 1 is 1.33 bits per heavy atom. The van der Waals surface area contributed by atoms with E-state index < -0.39 is 0 Å². The predicted molar refractivity (Wildman–Crippen MR) is 78.4 cm³/mol. The van der Waals surface area contributed by atoms with E-state index in [0.29, 0.717) is 12.1 Å². The summed E-state index contributed by atoms with van der Waals surface area (Å²) < 4.78 is 5.74. The van der Waals surface area contributed by atoms with Crippen LogP contribution >= 0.6 is 11.3 Å². The van der Waals surface area contributed by atoms with Crippen LogP contribution in [0.2, 0.25) is 0 Å². The average molecular weight is 267 g/mol. The highest BCUT2D eigenvalue weighted by Gasteiger charge is 2.36. The van der Waals surface area contributed by atoms with Gasteiger partial charge in [-0.05, 0) is 50.3 Å². The van der Waals surface area contributed by atoms with Gasteiger partial charge in [0.1, 0.15) is 0 Å². The number of ether oxygens (including phenoxy) is 1. The Bertz CT molecular complexity index is 359. The molecule has 1 aromatic rings. The van der Waals surface area contributed by atoms with Gasteiger partial charge in [0.2, 0.25) is 0 Å². The van der Waals surface area contributed by atoms with Gasteiger partial charge in [-0.25, -0.2) is 0 Å². The van der Waals surface area contributed by atoms with Gasteiger partial charge in [-0.15, -0.1) is 11.3 Å². The van der Waals surface area contributed by atoms with Gasteiger partial charge in [0.25, 0.3) is 0 Å². The van der Waals surface area contributed by atoms with Gasteiger partial charge in [0.05, 0.1) is 6.10 Å². The van der Waals surface area contributed by atoms with E-state index >= 15 is 0 Å². The lowest BCUT2D eigenvalue weighted by atomic mass is 10.0. The molecule has 102 valence electrons. The molecule has 0 radical (unpaired) electrons. The molecular formula is C15H25NOS. The number of hydrogen-bond acceptors (Lipinski definition) is 3. The first-order valence-electron chi connectivity index (χ1n) is 7.12. The number of aryl methyl sites for hydroxylation is 1. The highest BCUT2D eigenvalue weighted by atomic mass is 32.1. The van der Waals surface area contributed by atoms with E-state index in [1.54, 1.807) is 0 Å². The summed E-state index contributed by atoms with van der Waals surface area (Å²) in [6, 6.07) is 5.02. The number of likely N-dealkylation sites (N-methyl/N-ethyl adjacent to an activating group) is 1. The van der Waals surface area contributed by atoms with E-state index in [2.05, 4.69) is 31.3 Å². The van der Waals surface area contributed by atoms with Crippen molar-refractivity contribution in [2.75, 3.05) is 13.7 Å². The molecule has 0 aromatic carbocycles. The highest BCUT2D eigenvalue weighted by Crippen LogP contribution is 2.36. The van der Waals surface area contributed by atoms with Crippen LogP contribution in [0, 0.1) is 5.92 Å². The van der Waals surface area contributed by atoms with Gasteiger partial charge in [-0.2, -0.15) is 0 Å². The Balaban J connectivity index is 1.99. The molecule has 0 spiro atoms. The smallest absolute Gasteiger partial charge is 0.0755 e. The number of nitrogens with one attached hydrogen (secondary N) is 1. The van der Waals surface area contributed by atoms with Crippen LogP contribution in [0.1, 0.15) is 36.4 Å². The average Bonchev–Trinajstić information content (AvgIpc) is 3.10. The second kappa shape index (κ2) is 6.69. The first-order chi connectivity index (χ1) is 8.78. The van der Waals surface area contributed by atoms with Crippen molar-refractivity contribution >= 4 is 11.3 Å². The van der Waals surface area contributed by atoms with E-state index in [0.717, 1.165) is 25.3 Å². The summed E-state index contributed by atoms with van der Waals surface area (Å²) in [6.45, 7) is 5.42. The third-order valence-corrected chi connectivity index (χ3v) is 4.96. The normalized spacial score (nSPS) is 18.8. The molecule has 1 fully saturated rings. The molecule has 0 bridgehead atoms. The summed E-state index contributed by atoms with van der Waals surface area (Å²) in [5.74, 6) is 0.782. The topological polar surface area (TPSA) is 21.3 Å². The highest BCUT2D eigenvalue weighted by molar-refractivity contribution is 7.11. The predicted octanol–water partition coefficient (Wildman–Crippen LogP) is 3.26. The Hall–Kier alpha value is -0.380. The lowest BCUT2D eigenvalue weighted by Crippen LogP contribution is -2.43. The van der Waals surface area contributed by atoms with Crippen LogP contribution in [-0.4, -0.2) is 25.8 Å². The van der Waals surface area contributed by atoms with Crippen molar-refractivity contribution < 1.29 is 4.74 Å². The van der Waals surface area contributed by atoms with Crippen LogP contribution in [0.15, 0.2) is 12.1 Å². The second-order valence-electron chi connectivity index (χ2n) is 5.13. The van der Waals surface area contributed by atoms with Crippen molar-refractivity contribution in [1.29, 1.82) is 0 Å². The molecule has 1 aromatic heterocycles. The monoisotopic (exact) mass is 267 g/mol. The first-order valence-corrected chi connectivity index (χ1v) is 7.93. The number of rotatable bonds is 8. The number of methoxy groups -OCH3 is 1. The lowest BCUT2D eigenvalue weighted by Gasteiger charge is -2.26. The number of thiophene rings is 1. The van der Waals surface area contributed by atoms with Crippen LogP contribution in [0.3, 0.4) is 0 Å². The minimum atomic E-state index is 0.386. The van der Waals surface area contributed by atoms with Crippen molar-refractivity contribution in [3.05, 3.63) is 21.9 Å². The van der Waals surface area contributed by atoms with Gasteiger partial charge < -0.3 is 10.1 Å². The molecule has 1 N–H and O–H groups in total. The molecule has 1 saturated carbocycles. The van der Waals surface area contributed by atoms with Crippen LogP contribution in [0.4, 0.5) is 0 Å². The van der Waals surface area contributed by atoms with E-state index in [-0.39, 0.29) is 0 Å². The zero-order valence-electron chi connectivity index (χ0n) is 11.7. The minimum absolute atomic E-state index is 0.386. The molecule has 2 rings (SSSR count). The quantitative estimate of drug-likeness (QED) is 0.780. The molecule has 2 unspecified atom stereocenters. The van der Waals surface area contributed by atoms with Gasteiger partial charge in [0.15, 0.2) is 0 Å². The molecule has 0 saturated heterocycles. The van der Waals surface area contributed by atoms with E-state index in [9.17, 15) is 0 Å². The van der Waals surface area contributed by atoms with Gasteiger partial charge in [-0.3, -0.25) is 0 Å². The maximum absolute atomic E-state index is 5.74. The molecule has 2 nitrogen and oxygen atoms in total. The van der Waals surface area contributed by atoms with Crippen molar-refractivity contribution in [1.82, 2.24) is 5.32 Å². The summed E-state index contributed by atoms with van der Waals surface area (Å²) >= 11 is 1.95. The Kier molecular flexibility index (Phi) is 5.22. The maximum Gasteiger partial charge on any atom is 0.0755 e. The fourth-order valence-electron chi connectivity index (χ4n) is 2.62.